The van der Waals surface area contributed by atoms with Gasteiger partial charge in [0.05, 0.1) is 0 Å². The Kier molecular flexibility index (Phi) is 5.48. The highest BCUT2D eigenvalue weighted by molar-refractivity contribution is 7.99. The van der Waals surface area contributed by atoms with Crippen LogP contribution < -0.4 is 10.6 Å². The lowest BCUT2D eigenvalue weighted by Crippen LogP contribution is -2.31. The van der Waals surface area contributed by atoms with Crippen LogP contribution >= 0.6 is 11.8 Å². The van der Waals surface area contributed by atoms with E-state index >= 15 is 0 Å². The fourth-order valence-corrected chi connectivity index (χ4v) is 3.28. The third kappa shape index (κ3) is 3.99. The van der Waals surface area contributed by atoms with Crippen LogP contribution in [0.25, 0.3) is 0 Å². The maximum Gasteiger partial charge on any atom is 0.191 e. The Morgan fingerprint density at radius 2 is 2.25 bits per heavy atom. The van der Waals surface area contributed by atoms with Crippen molar-refractivity contribution in [1.29, 1.82) is 0 Å². The van der Waals surface area contributed by atoms with Gasteiger partial charge >= 0.3 is 0 Å². The molecule has 0 aliphatic carbocycles. The summed E-state index contributed by atoms with van der Waals surface area (Å²) in [5.74, 6) is 2.60. The van der Waals surface area contributed by atoms with Crippen LogP contribution in [0.4, 0.5) is 11.6 Å². The van der Waals surface area contributed by atoms with Crippen molar-refractivity contribution in [3.05, 3.63) is 6.07 Å². The second-order valence-electron chi connectivity index (χ2n) is 5.49. The van der Waals surface area contributed by atoms with Crippen molar-refractivity contribution in [2.24, 2.45) is 0 Å². The van der Waals surface area contributed by atoms with E-state index in [0.717, 1.165) is 29.8 Å². The summed E-state index contributed by atoms with van der Waals surface area (Å²) < 4.78 is 0. The number of nitrogens with two attached hydrogens (primary N) is 1. The second-order valence-corrected chi connectivity index (χ2v) is 6.55. The lowest BCUT2D eigenvalue weighted by atomic mass is 10.2. The third-order valence-corrected chi connectivity index (χ3v) is 4.59. The van der Waals surface area contributed by atoms with Crippen LogP contribution in [0.3, 0.4) is 0 Å². The summed E-state index contributed by atoms with van der Waals surface area (Å²) in [6.45, 7) is 4.25. The maximum atomic E-state index is 5.92. The molecule has 1 saturated heterocycles. The van der Waals surface area contributed by atoms with E-state index in [1.54, 1.807) is 11.8 Å². The van der Waals surface area contributed by atoms with Gasteiger partial charge in [0.2, 0.25) is 0 Å². The number of rotatable bonds is 6. The van der Waals surface area contributed by atoms with Crippen molar-refractivity contribution in [2.45, 2.75) is 37.4 Å². The molecule has 0 spiro atoms. The van der Waals surface area contributed by atoms with Gasteiger partial charge in [-0.3, -0.25) is 0 Å². The molecule has 2 rings (SSSR count). The first-order chi connectivity index (χ1) is 9.60. The molecule has 1 aliphatic heterocycles. The Bertz CT molecular complexity index is 438. The lowest BCUT2D eigenvalue weighted by Gasteiger charge is -2.21. The molecule has 2 heterocycles. The van der Waals surface area contributed by atoms with Crippen molar-refractivity contribution >= 4 is 23.4 Å². The zero-order valence-corrected chi connectivity index (χ0v) is 13.5. The molecule has 0 bridgehead atoms. The van der Waals surface area contributed by atoms with Gasteiger partial charge in [-0.05, 0) is 26.9 Å². The van der Waals surface area contributed by atoms with Crippen molar-refractivity contribution < 1.29 is 0 Å². The van der Waals surface area contributed by atoms with Crippen molar-refractivity contribution in [3.8, 4) is 0 Å². The predicted molar refractivity (Wildman–Crippen MR) is 86.4 cm³/mol. The molecule has 5 nitrogen and oxygen atoms in total. The van der Waals surface area contributed by atoms with Gasteiger partial charge in [0.25, 0.3) is 0 Å². The van der Waals surface area contributed by atoms with Crippen LogP contribution in [-0.4, -0.2) is 53.8 Å². The highest BCUT2D eigenvalue weighted by Crippen LogP contribution is 2.25. The lowest BCUT2D eigenvalue weighted by molar-refractivity contribution is 0.315. The highest BCUT2D eigenvalue weighted by atomic mass is 32.2. The highest BCUT2D eigenvalue weighted by Gasteiger charge is 2.25. The minimum atomic E-state index is 0.572. The van der Waals surface area contributed by atoms with Crippen molar-refractivity contribution in [3.63, 3.8) is 0 Å². The first-order valence-electron chi connectivity index (χ1n) is 7.29. The molecule has 0 aromatic carbocycles. The number of hydrogen-bond donors (Lipinski definition) is 1. The van der Waals surface area contributed by atoms with E-state index in [1.807, 2.05) is 6.07 Å². The van der Waals surface area contributed by atoms with Crippen LogP contribution in [0.15, 0.2) is 11.2 Å². The minimum absolute atomic E-state index is 0.572. The van der Waals surface area contributed by atoms with E-state index in [0.29, 0.717) is 11.9 Å². The molecule has 0 radical (unpaired) electrons. The zero-order valence-electron chi connectivity index (χ0n) is 12.7. The molecular weight excluding hydrogens is 270 g/mol. The van der Waals surface area contributed by atoms with Crippen molar-refractivity contribution in [2.75, 3.05) is 43.6 Å². The molecule has 2 N–H and O–H groups in total. The van der Waals surface area contributed by atoms with Crippen LogP contribution in [0.5, 0.6) is 0 Å². The zero-order chi connectivity index (χ0) is 14.5. The smallest absolute Gasteiger partial charge is 0.191 e. The Balaban J connectivity index is 2.04. The molecule has 6 heteroatoms. The second kappa shape index (κ2) is 7.13. The maximum absolute atomic E-state index is 5.92. The van der Waals surface area contributed by atoms with Crippen molar-refractivity contribution in [1.82, 2.24) is 14.9 Å². The number of nitrogens with zero attached hydrogens (tertiary/aromatic N) is 4. The number of thioether (sulfide) groups is 1. The molecule has 0 amide bonds. The molecule has 1 aromatic heterocycles. The summed E-state index contributed by atoms with van der Waals surface area (Å²) in [6, 6.07) is 2.49. The molecular formula is C14H25N5S. The van der Waals surface area contributed by atoms with E-state index in [4.69, 9.17) is 5.73 Å². The molecule has 1 aliphatic rings. The van der Waals surface area contributed by atoms with Gasteiger partial charge in [-0.1, -0.05) is 25.1 Å². The average Bonchev–Trinajstić information content (AvgIpc) is 2.88. The summed E-state index contributed by atoms with van der Waals surface area (Å²) in [5, 5.41) is 0.807. The largest absolute Gasteiger partial charge is 0.383 e. The molecule has 1 atom stereocenters. The van der Waals surface area contributed by atoms with Crippen LogP contribution in [0.1, 0.15) is 26.2 Å². The Morgan fingerprint density at radius 1 is 1.45 bits per heavy atom. The Morgan fingerprint density at radius 3 is 2.90 bits per heavy atom. The summed E-state index contributed by atoms with van der Waals surface area (Å²) >= 11 is 1.70. The van der Waals surface area contributed by atoms with E-state index in [-0.39, 0.29) is 0 Å². The Labute approximate surface area is 125 Å². The van der Waals surface area contributed by atoms with Gasteiger partial charge in [0, 0.05) is 31.0 Å². The van der Waals surface area contributed by atoms with Gasteiger partial charge in [-0.15, -0.1) is 0 Å². The number of hydrogen-bond acceptors (Lipinski definition) is 6. The topological polar surface area (TPSA) is 58.3 Å². The van der Waals surface area contributed by atoms with Gasteiger partial charge in [-0.25, -0.2) is 9.97 Å². The monoisotopic (exact) mass is 295 g/mol. The fraction of sp³-hybridized carbons (Fsp3) is 0.714. The fourth-order valence-electron chi connectivity index (χ4n) is 2.34. The van der Waals surface area contributed by atoms with E-state index in [1.165, 1.54) is 19.3 Å². The van der Waals surface area contributed by atoms with E-state index in [9.17, 15) is 0 Å². The summed E-state index contributed by atoms with van der Waals surface area (Å²) in [6.07, 6.45) is 3.55. The minimum Gasteiger partial charge on any atom is -0.383 e. The quantitative estimate of drug-likeness (QED) is 0.493. The first-order valence-corrected chi connectivity index (χ1v) is 8.27. The van der Waals surface area contributed by atoms with E-state index < -0.39 is 0 Å². The molecule has 1 unspecified atom stereocenters. The number of aromatic nitrogens is 2. The predicted octanol–water partition coefficient (Wildman–Crippen LogP) is 2.09. The van der Waals surface area contributed by atoms with Gasteiger partial charge < -0.3 is 15.5 Å². The van der Waals surface area contributed by atoms with E-state index in [2.05, 4.69) is 40.8 Å². The van der Waals surface area contributed by atoms with Crippen LogP contribution in [0.2, 0.25) is 0 Å². The number of nitrogen functional groups attached to an aromatic ring is 1. The molecule has 1 aromatic rings. The van der Waals surface area contributed by atoms with Gasteiger partial charge in [-0.2, -0.15) is 0 Å². The number of unbranched alkanes of at least 4 members (excludes halogenated alkanes) is 1. The molecule has 20 heavy (non-hydrogen) atoms. The normalized spacial score (nSPS) is 19.0. The Hall–Kier alpha value is -1.01. The number of anilines is 2. The first kappa shape index (κ1) is 15.4. The number of likely N-dealkylation sites (N-methyl/N-ethyl adjacent to an activating group) is 1. The SMILES string of the molecule is CCCCSc1nc(N)cc(N2CCC(N(C)C)C2)n1. The molecule has 0 saturated carbocycles. The average molecular weight is 295 g/mol. The third-order valence-electron chi connectivity index (χ3n) is 3.66. The van der Waals surface area contributed by atoms with Gasteiger partial charge in [0.1, 0.15) is 11.6 Å². The molecule has 1 fully saturated rings. The standard InChI is InChI=1S/C14H25N5S/c1-4-5-8-20-14-16-12(15)9-13(17-14)19-7-6-11(10-19)18(2)3/h9,11H,4-8,10H2,1-3H3,(H2,15,16,17). The van der Waals surface area contributed by atoms with Gasteiger partial charge in [0.15, 0.2) is 5.16 Å². The summed E-state index contributed by atoms with van der Waals surface area (Å²) in [5.41, 5.74) is 5.92. The summed E-state index contributed by atoms with van der Waals surface area (Å²) in [7, 11) is 4.27. The van der Waals surface area contributed by atoms with Crippen LogP contribution in [0, 0.1) is 0 Å². The summed E-state index contributed by atoms with van der Waals surface area (Å²) in [4.78, 5) is 13.6. The molecule has 112 valence electrons. The van der Waals surface area contributed by atoms with Crippen LogP contribution in [-0.2, 0) is 0 Å².